The number of anilines is 1. The summed E-state index contributed by atoms with van der Waals surface area (Å²) in [6, 6.07) is 9.36. The predicted molar refractivity (Wildman–Crippen MR) is 109 cm³/mol. The highest BCUT2D eigenvalue weighted by Crippen LogP contribution is 2.58. The highest BCUT2D eigenvalue weighted by Gasteiger charge is 2.57. The summed E-state index contributed by atoms with van der Waals surface area (Å²) >= 11 is 0. The van der Waals surface area contributed by atoms with E-state index in [1.54, 1.807) is 23.1 Å². The molecule has 0 radical (unpaired) electrons. The summed E-state index contributed by atoms with van der Waals surface area (Å²) < 4.78 is 1.58. The molecule has 1 atom stereocenters. The minimum atomic E-state index is -0.134. The van der Waals surface area contributed by atoms with Crippen molar-refractivity contribution in [1.29, 1.82) is 0 Å². The molecule has 7 nitrogen and oxygen atoms in total. The molecular weight excluding hydrogens is 378 g/mol. The van der Waals surface area contributed by atoms with Gasteiger partial charge in [0, 0.05) is 30.5 Å². The molecule has 1 aromatic carbocycles. The topological polar surface area (TPSA) is 88.1 Å². The van der Waals surface area contributed by atoms with Gasteiger partial charge in [0.05, 0.1) is 0 Å². The molecule has 150 valence electrons. The number of piperidine rings is 1. The maximum atomic E-state index is 12.5. The zero-order valence-electron chi connectivity index (χ0n) is 15.7. The molecule has 4 rings (SSSR count). The van der Waals surface area contributed by atoms with E-state index < -0.39 is 0 Å². The SMILES string of the molecule is Cl.O=C(Cn1cccn1)Nc1cccc(CNC(=O)C2CC23CCNCC3)c1. The van der Waals surface area contributed by atoms with Crippen LogP contribution < -0.4 is 16.0 Å². The molecular formula is C20H26ClN5O2. The zero-order valence-corrected chi connectivity index (χ0v) is 16.5. The second kappa shape index (κ2) is 8.75. The van der Waals surface area contributed by atoms with Crippen LogP contribution in [0, 0.1) is 11.3 Å². The van der Waals surface area contributed by atoms with Crippen LogP contribution in [0.3, 0.4) is 0 Å². The first-order valence-electron chi connectivity index (χ1n) is 9.49. The Labute approximate surface area is 170 Å². The fourth-order valence-corrected chi connectivity index (χ4v) is 4.01. The Morgan fingerprint density at radius 2 is 2.07 bits per heavy atom. The fraction of sp³-hybridized carbons (Fsp3) is 0.450. The van der Waals surface area contributed by atoms with E-state index in [0.717, 1.165) is 43.6 Å². The Morgan fingerprint density at radius 3 is 2.82 bits per heavy atom. The second-order valence-corrected chi connectivity index (χ2v) is 7.54. The van der Waals surface area contributed by atoms with E-state index in [-0.39, 0.29) is 42.1 Å². The van der Waals surface area contributed by atoms with E-state index in [2.05, 4.69) is 21.0 Å². The van der Waals surface area contributed by atoms with Gasteiger partial charge in [0.1, 0.15) is 6.54 Å². The Bertz CT molecular complexity index is 818. The Kier molecular flexibility index (Phi) is 6.36. The van der Waals surface area contributed by atoms with Gasteiger partial charge in [-0.15, -0.1) is 12.4 Å². The lowest BCUT2D eigenvalue weighted by molar-refractivity contribution is -0.123. The van der Waals surface area contributed by atoms with Crippen LogP contribution in [-0.2, 0) is 22.7 Å². The maximum absolute atomic E-state index is 12.5. The molecule has 2 amide bonds. The van der Waals surface area contributed by atoms with Gasteiger partial charge in [-0.1, -0.05) is 12.1 Å². The van der Waals surface area contributed by atoms with E-state index in [0.29, 0.717) is 6.54 Å². The molecule has 2 heterocycles. The van der Waals surface area contributed by atoms with E-state index in [1.807, 2.05) is 24.3 Å². The molecule has 1 aromatic heterocycles. The van der Waals surface area contributed by atoms with Gasteiger partial charge in [-0.05, 0) is 61.5 Å². The molecule has 1 saturated heterocycles. The van der Waals surface area contributed by atoms with Gasteiger partial charge in [0.2, 0.25) is 11.8 Å². The Balaban J connectivity index is 0.00000225. The number of hydrogen-bond donors (Lipinski definition) is 3. The lowest BCUT2D eigenvalue weighted by Gasteiger charge is -2.23. The van der Waals surface area contributed by atoms with Crippen molar-refractivity contribution in [2.75, 3.05) is 18.4 Å². The number of halogens is 1. The fourth-order valence-electron chi connectivity index (χ4n) is 4.01. The number of nitrogens with zero attached hydrogens (tertiary/aromatic N) is 2. The third kappa shape index (κ3) is 4.72. The summed E-state index contributed by atoms with van der Waals surface area (Å²) in [5.41, 5.74) is 1.94. The van der Waals surface area contributed by atoms with Gasteiger partial charge in [-0.2, -0.15) is 5.10 Å². The molecule has 2 fully saturated rings. The summed E-state index contributed by atoms with van der Waals surface area (Å²) in [5.74, 6) is 0.187. The molecule has 1 spiro atoms. The van der Waals surface area contributed by atoms with Gasteiger partial charge < -0.3 is 16.0 Å². The molecule has 1 aliphatic carbocycles. The minimum Gasteiger partial charge on any atom is -0.352 e. The average Bonchev–Trinajstić information content (AvgIpc) is 3.10. The third-order valence-corrected chi connectivity index (χ3v) is 5.65. The molecule has 3 N–H and O–H groups in total. The number of rotatable bonds is 6. The second-order valence-electron chi connectivity index (χ2n) is 7.54. The van der Waals surface area contributed by atoms with Gasteiger partial charge >= 0.3 is 0 Å². The summed E-state index contributed by atoms with van der Waals surface area (Å²) in [5, 5.41) is 13.3. The van der Waals surface area contributed by atoms with Crippen LogP contribution in [0.2, 0.25) is 0 Å². The van der Waals surface area contributed by atoms with Crippen LogP contribution in [0.15, 0.2) is 42.7 Å². The number of aromatic nitrogens is 2. The van der Waals surface area contributed by atoms with Crippen molar-refractivity contribution >= 4 is 29.9 Å². The highest BCUT2D eigenvalue weighted by molar-refractivity contribution is 5.90. The van der Waals surface area contributed by atoms with Crippen molar-refractivity contribution in [1.82, 2.24) is 20.4 Å². The van der Waals surface area contributed by atoms with Crippen LogP contribution in [0.4, 0.5) is 5.69 Å². The number of nitrogens with one attached hydrogen (secondary N) is 3. The quantitative estimate of drug-likeness (QED) is 0.687. The van der Waals surface area contributed by atoms with E-state index in [4.69, 9.17) is 0 Å². The van der Waals surface area contributed by atoms with Crippen molar-refractivity contribution in [3.63, 3.8) is 0 Å². The van der Waals surface area contributed by atoms with Gasteiger partial charge in [0.15, 0.2) is 0 Å². The van der Waals surface area contributed by atoms with Gasteiger partial charge in [0.25, 0.3) is 0 Å². The molecule has 28 heavy (non-hydrogen) atoms. The molecule has 2 aromatic rings. The molecule has 0 bridgehead atoms. The summed E-state index contributed by atoms with van der Waals surface area (Å²) in [7, 11) is 0. The normalized spacial score (nSPS) is 19.5. The van der Waals surface area contributed by atoms with Crippen LogP contribution in [-0.4, -0.2) is 34.7 Å². The minimum absolute atomic E-state index is 0. The van der Waals surface area contributed by atoms with E-state index in [1.165, 1.54) is 0 Å². The van der Waals surface area contributed by atoms with Crippen molar-refractivity contribution in [2.24, 2.45) is 11.3 Å². The first kappa shape index (κ1) is 20.4. The average molecular weight is 404 g/mol. The standard InChI is InChI=1S/C20H25N5O2.ClH/c26-18(14-25-10-2-7-23-25)24-16-4-1-3-15(11-16)13-22-19(27)17-12-20(17)5-8-21-9-6-20;/h1-4,7,10-11,17,21H,5-6,8-9,12-14H2,(H,22,27)(H,24,26);1H. The van der Waals surface area contributed by atoms with Gasteiger partial charge in [-0.3, -0.25) is 14.3 Å². The lowest BCUT2D eigenvalue weighted by Crippen LogP contribution is -2.33. The predicted octanol–water partition coefficient (Wildman–Crippen LogP) is 1.95. The van der Waals surface area contributed by atoms with Crippen molar-refractivity contribution in [3.05, 3.63) is 48.3 Å². The molecule has 2 aliphatic rings. The van der Waals surface area contributed by atoms with Crippen molar-refractivity contribution < 1.29 is 9.59 Å². The monoisotopic (exact) mass is 403 g/mol. The number of hydrogen-bond acceptors (Lipinski definition) is 4. The molecule has 1 saturated carbocycles. The van der Waals surface area contributed by atoms with Crippen LogP contribution in [0.5, 0.6) is 0 Å². The summed E-state index contributed by atoms with van der Waals surface area (Å²) in [6.45, 7) is 2.69. The molecule has 1 unspecified atom stereocenters. The van der Waals surface area contributed by atoms with Crippen LogP contribution >= 0.6 is 12.4 Å². The first-order chi connectivity index (χ1) is 13.1. The molecule has 8 heteroatoms. The first-order valence-corrected chi connectivity index (χ1v) is 9.49. The molecule has 1 aliphatic heterocycles. The number of amides is 2. The highest BCUT2D eigenvalue weighted by atomic mass is 35.5. The van der Waals surface area contributed by atoms with E-state index >= 15 is 0 Å². The number of benzene rings is 1. The largest absolute Gasteiger partial charge is 0.352 e. The third-order valence-electron chi connectivity index (χ3n) is 5.65. The smallest absolute Gasteiger partial charge is 0.246 e. The Morgan fingerprint density at radius 1 is 1.25 bits per heavy atom. The van der Waals surface area contributed by atoms with Crippen molar-refractivity contribution in [3.8, 4) is 0 Å². The maximum Gasteiger partial charge on any atom is 0.246 e. The Hall–Kier alpha value is -2.38. The summed E-state index contributed by atoms with van der Waals surface area (Å²) in [4.78, 5) is 24.6. The lowest BCUT2D eigenvalue weighted by atomic mass is 9.92. The van der Waals surface area contributed by atoms with E-state index in [9.17, 15) is 9.59 Å². The van der Waals surface area contributed by atoms with Crippen LogP contribution in [0.1, 0.15) is 24.8 Å². The summed E-state index contributed by atoms with van der Waals surface area (Å²) in [6.07, 6.45) is 6.61. The number of carbonyl (C=O) groups excluding carboxylic acids is 2. The number of carbonyl (C=O) groups is 2. The van der Waals surface area contributed by atoms with Crippen molar-refractivity contribution in [2.45, 2.75) is 32.4 Å². The van der Waals surface area contributed by atoms with Crippen LogP contribution in [0.25, 0.3) is 0 Å². The van der Waals surface area contributed by atoms with Gasteiger partial charge in [-0.25, -0.2) is 0 Å². The zero-order chi connectivity index (χ0) is 18.7.